The van der Waals surface area contributed by atoms with E-state index in [1.165, 1.54) is 18.9 Å². The second-order valence-electron chi connectivity index (χ2n) is 10.7. The maximum Gasteiger partial charge on any atom is 0.293 e. The number of carbonyl (C=O) groups excluding carboxylic acids is 1. The third kappa shape index (κ3) is 5.97. The van der Waals surface area contributed by atoms with Gasteiger partial charge in [0.1, 0.15) is 23.8 Å². The van der Waals surface area contributed by atoms with E-state index in [0.717, 1.165) is 67.0 Å². The summed E-state index contributed by atoms with van der Waals surface area (Å²) in [6, 6.07) is 11.9. The van der Waals surface area contributed by atoms with E-state index < -0.39 is 5.82 Å². The first-order valence-corrected chi connectivity index (χ1v) is 14.3. The van der Waals surface area contributed by atoms with Crippen LogP contribution in [0.4, 0.5) is 4.39 Å². The van der Waals surface area contributed by atoms with E-state index in [-0.39, 0.29) is 18.1 Å². The minimum Gasteiger partial charge on any atom is -0.484 e. The number of hydrogen-bond acceptors (Lipinski definition) is 7. The summed E-state index contributed by atoms with van der Waals surface area (Å²) in [5, 5.41) is 0. The maximum absolute atomic E-state index is 15.0. The first-order valence-electron chi connectivity index (χ1n) is 14.3. The minimum absolute atomic E-state index is 0.157. The van der Waals surface area contributed by atoms with Gasteiger partial charge in [-0.15, -0.1) is 0 Å². The number of ether oxygens (including phenoxy) is 3. The molecule has 7 nitrogen and oxygen atoms in total. The highest BCUT2D eigenvalue weighted by molar-refractivity contribution is 5.67. The third-order valence-electron chi connectivity index (χ3n) is 8.25. The van der Waals surface area contributed by atoms with E-state index >= 15 is 0 Å². The van der Waals surface area contributed by atoms with Gasteiger partial charge in [-0.25, -0.2) is 9.37 Å². The number of nitrogens with zero attached hydrogens (tertiary/aromatic N) is 3. The molecule has 212 valence electrons. The van der Waals surface area contributed by atoms with Gasteiger partial charge in [0.25, 0.3) is 6.47 Å². The fraction of sp³-hybridized carbons (Fsp3) is 0.469. The molecular formula is C32H38FN3O4. The number of hydrogen-bond donors (Lipinski definition) is 0. The molecule has 0 radical (unpaired) electrons. The number of fused-ring (bicyclic) bond motifs is 1. The van der Waals surface area contributed by atoms with Crippen molar-refractivity contribution in [3.8, 4) is 22.8 Å². The first kappa shape index (κ1) is 28.0. The van der Waals surface area contributed by atoms with Crippen LogP contribution in [0.1, 0.15) is 74.6 Å². The second-order valence-corrected chi connectivity index (χ2v) is 10.7. The van der Waals surface area contributed by atoms with Crippen LogP contribution in [-0.4, -0.2) is 47.6 Å². The molecule has 1 aromatic carbocycles. The summed E-state index contributed by atoms with van der Waals surface area (Å²) < 4.78 is 32.1. The molecule has 3 heterocycles. The number of pyridine rings is 2. The second kappa shape index (κ2) is 12.3. The van der Waals surface area contributed by atoms with Gasteiger partial charge in [-0.05, 0) is 74.9 Å². The highest BCUT2D eigenvalue weighted by atomic mass is 19.1. The van der Waals surface area contributed by atoms with Crippen LogP contribution in [0.25, 0.3) is 11.1 Å². The molecule has 0 amide bonds. The summed E-state index contributed by atoms with van der Waals surface area (Å²) in [5.41, 5.74) is 5.09. The largest absolute Gasteiger partial charge is 0.484 e. The summed E-state index contributed by atoms with van der Waals surface area (Å²) in [7, 11) is 1.52. The third-order valence-corrected chi connectivity index (χ3v) is 8.25. The van der Waals surface area contributed by atoms with Gasteiger partial charge in [0.2, 0.25) is 5.88 Å². The van der Waals surface area contributed by atoms with Gasteiger partial charge in [-0.3, -0.25) is 14.7 Å². The van der Waals surface area contributed by atoms with Crippen molar-refractivity contribution in [1.82, 2.24) is 14.9 Å². The van der Waals surface area contributed by atoms with E-state index in [1.54, 1.807) is 6.07 Å². The van der Waals surface area contributed by atoms with Gasteiger partial charge >= 0.3 is 0 Å². The predicted octanol–water partition coefficient (Wildman–Crippen LogP) is 6.25. The Labute approximate surface area is 235 Å². The molecule has 1 fully saturated rings. The lowest BCUT2D eigenvalue weighted by molar-refractivity contribution is -0.134. The Balaban J connectivity index is 1.46. The molecule has 1 saturated carbocycles. The quantitative estimate of drug-likeness (QED) is 0.248. The van der Waals surface area contributed by atoms with Crippen molar-refractivity contribution in [1.29, 1.82) is 0 Å². The number of aryl methyl sites for hydroxylation is 1. The van der Waals surface area contributed by atoms with Gasteiger partial charge in [0.15, 0.2) is 0 Å². The molecular weight excluding hydrogens is 509 g/mol. The first-order chi connectivity index (χ1) is 19.4. The zero-order chi connectivity index (χ0) is 28.2. The molecule has 0 saturated heterocycles. The molecule has 0 N–H and O–H groups in total. The van der Waals surface area contributed by atoms with Crippen LogP contribution in [0.5, 0.6) is 11.6 Å². The lowest BCUT2D eigenvalue weighted by atomic mass is 9.87. The van der Waals surface area contributed by atoms with E-state index in [9.17, 15) is 9.18 Å². The van der Waals surface area contributed by atoms with E-state index in [0.29, 0.717) is 30.4 Å². The summed E-state index contributed by atoms with van der Waals surface area (Å²) in [6.45, 7) is 9.03. The molecule has 2 aliphatic rings. The molecule has 40 heavy (non-hydrogen) atoms. The number of rotatable bonds is 12. The van der Waals surface area contributed by atoms with Crippen molar-refractivity contribution in [3.63, 3.8) is 0 Å². The average molecular weight is 548 g/mol. The van der Waals surface area contributed by atoms with Crippen LogP contribution in [0.3, 0.4) is 0 Å². The molecule has 8 heteroatoms. The Morgan fingerprint density at radius 2 is 1.93 bits per heavy atom. The monoisotopic (exact) mass is 547 g/mol. The zero-order valence-corrected chi connectivity index (χ0v) is 23.7. The minimum atomic E-state index is -0.412. The predicted molar refractivity (Wildman–Crippen MR) is 151 cm³/mol. The molecule has 5 rings (SSSR count). The van der Waals surface area contributed by atoms with E-state index in [2.05, 4.69) is 41.9 Å². The molecule has 0 bridgehead atoms. The van der Waals surface area contributed by atoms with Crippen molar-refractivity contribution < 1.29 is 23.4 Å². The number of aromatic nitrogens is 2. The summed E-state index contributed by atoms with van der Waals surface area (Å²) >= 11 is 0. The Morgan fingerprint density at radius 3 is 2.62 bits per heavy atom. The number of benzene rings is 1. The van der Waals surface area contributed by atoms with Crippen molar-refractivity contribution in [2.75, 3.05) is 20.2 Å². The topological polar surface area (TPSA) is 73.8 Å². The Hall–Kier alpha value is -3.52. The van der Waals surface area contributed by atoms with Crippen LogP contribution in [0.2, 0.25) is 0 Å². The molecule has 1 aliphatic carbocycles. The zero-order valence-electron chi connectivity index (χ0n) is 23.7. The molecule has 2 aromatic heterocycles. The van der Waals surface area contributed by atoms with Crippen LogP contribution in [0, 0.1) is 11.7 Å². The van der Waals surface area contributed by atoms with Crippen molar-refractivity contribution in [3.05, 3.63) is 70.9 Å². The lowest BCUT2D eigenvalue weighted by Crippen LogP contribution is -2.24. The normalized spacial score (nSPS) is 18.0. The number of methoxy groups -OCH3 is 1. The van der Waals surface area contributed by atoms with E-state index in [1.807, 2.05) is 19.1 Å². The van der Waals surface area contributed by atoms with Crippen molar-refractivity contribution in [2.24, 2.45) is 5.92 Å². The Kier molecular flexibility index (Phi) is 8.64. The van der Waals surface area contributed by atoms with Gasteiger partial charge in [-0.1, -0.05) is 32.0 Å². The maximum atomic E-state index is 15.0. The van der Waals surface area contributed by atoms with Crippen LogP contribution < -0.4 is 9.47 Å². The number of halogens is 1. The fourth-order valence-corrected chi connectivity index (χ4v) is 5.82. The Morgan fingerprint density at radius 1 is 1.12 bits per heavy atom. The highest BCUT2D eigenvalue weighted by Crippen LogP contribution is 2.47. The fourth-order valence-electron chi connectivity index (χ4n) is 5.82. The molecule has 1 unspecified atom stereocenters. The lowest BCUT2D eigenvalue weighted by Gasteiger charge is -2.29. The summed E-state index contributed by atoms with van der Waals surface area (Å²) in [4.78, 5) is 22.4. The average Bonchev–Trinajstić information content (AvgIpc) is 3.81. The molecule has 1 aliphatic heterocycles. The van der Waals surface area contributed by atoms with Gasteiger partial charge in [-0.2, -0.15) is 0 Å². The van der Waals surface area contributed by atoms with E-state index in [4.69, 9.17) is 19.2 Å². The molecule has 3 aromatic rings. The van der Waals surface area contributed by atoms with Crippen molar-refractivity contribution in [2.45, 2.75) is 71.1 Å². The summed E-state index contributed by atoms with van der Waals surface area (Å²) in [6.07, 6.45) is 4.76. The summed E-state index contributed by atoms with van der Waals surface area (Å²) in [5.74, 6) is 1.49. The molecule has 3 atom stereocenters. The Bertz CT molecular complexity index is 1340. The van der Waals surface area contributed by atoms with Gasteiger partial charge in [0.05, 0.1) is 24.7 Å². The van der Waals surface area contributed by atoms with Crippen molar-refractivity contribution >= 4 is 6.47 Å². The van der Waals surface area contributed by atoms with Crippen LogP contribution in [0.15, 0.2) is 42.6 Å². The van der Waals surface area contributed by atoms with Crippen LogP contribution in [-0.2, 0) is 22.5 Å². The van der Waals surface area contributed by atoms with Crippen LogP contribution >= 0.6 is 0 Å². The highest BCUT2D eigenvalue weighted by Gasteiger charge is 2.37. The molecule has 0 spiro atoms. The number of carbonyl (C=O) groups is 1. The van der Waals surface area contributed by atoms with Gasteiger partial charge < -0.3 is 14.2 Å². The SMILES string of the molecule is CCN(CC)Cc1nc(C2CCc3ccc([C@H](C4CC4)[C@H](C)OC=O)cc3O2)ccc1-c1cc(OC)ncc1F. The standard InChI is InChI=1S/C32H38FN3O4/c1-5-36(6-2)18-28-24(25-16-31(38-4)34-17-26(25)33)12-13-27(35-28)29-14-11-21-7-10-23(15-30(21)40-29)32(22-8-9-22)20(3)39-19-37/h7,10,12-13,15-17,19-20,22,29,32H,5-6,8-9,11,14,18H2,1-4H3/t20-,29?,32-/m0/s1. The smallest absolute Gasteiger partial charge is 0.293 e. The van der Waals surface area contributed by atoms with Gasteiger partial charge in [0, 0.05) is 29.7 Å².